The fraction of sp³-hybridized carbons (Fsp3) is 0. The van der Waals surface area contributed by atoms with Gasteiger partial charge in [-0.05, 0) is 23.8 Å². The molecule has 1 aromatic carbocycles. The molecule has 3 heteroatoms. The number of carbonyl (C=O) groups excluding carboxylic acids is 1. The number of fused-ring (bicyclic) bond motifs is 3. The van der Waals surface area contributed by atoms with Crippen molar-refractivity contribution in [1.82, 2.24) is 4.98 Å². The molecule has 15 heavy (non-hydrogen) atoms. The maximum absolute atomic E-state index is 13.0. The summed E-state index contributed by atoms with van der Waals surface area (Å²) in [5.74, 6) is -0.509. The van der Waals surface area contributed by atoms with Crippen LogP contribution >= 0.6 is 0 Å². The third kappa shape index (κ3) is 1.03. The van der Waals surface area contributed by atoms with Gasteiger partial charge < -0.3 is 0 Å². The second-order valence-electron chi connectivity index (χ2n) is 3.44. The zero-order chi connectivity index (χ0) is 10.4. The summed E-state index contributed by atoms with van der Waals surface area (Å²) >= 11 is 0. The van der Waals surface area contributed by atoms with Crippen molar-refractivity contribution >= 4 is 5.78 Å². The molecule has 2 aromatic rings. The molecular weight excluding hydrogens is 193 g/mol. The fourth-order valence-corrected chi connectivity index (χ4v) is 1.89. The summed E-state index contributed by atoms with van der Waals surface area (Å²) < 4.78 is 13.0. The molecule has 0 atom stereocenters. The van der Waals surface area contributed by atoms with E-state index in [2.05, 4.69) is 4.98 Å². The Bertz CT molecular complexity index is 578. The first-order valence-electron chi connectivity index (χ1n) is 4.56. The lowest BCUT2D eigenvalue weighted by atomic mass is 10.1. The molecule has 0 fully saturated rings. The van der Waals surface area contributed by atoms with Gasteiger partial charge in [0.15, 0.2) is 5.78 Å². The van der Waals surface area contributed by atoms with E-state index in [-0.39, 0.29) is 11.6 Å². The molecule has 0 radical (unpaired) electrons. The summed E-state index contributed by atoms with van der Waals surface area (Å²) in [5, 5.41) is 0. The molecular formula is C12H6FNO. The van der Waals surface area contributed by atoms with E-state index in [1.165, 1.54) is 12.1 Å². The molecule has 0 spiro atoms. The van der Waals surface area contributed by atoms with Crippen LogP contribution in [0.4, 0.5) is 4.39 Å². The van der Waals surface area contributed by atoms with Crippen molar-refractivity contribution in [2.75, 3.05) is 0 Å². The van der Waals surface area contributed by atoms with Crippen LogP contribution < -0.4 is 0 Å². The Morgan fingerprint density at radius 3 is 2.73 bits per heavy atom. The Hall–Kier alpha value is -2.03. The highest BCUT2D eigenvalue weighted by molar-refractivity contribution is 6.21. The standard InChI is InChI=1S/C12H6FNO/c13-7-1-2-8-10(5-7)12(15)9-3-4-14-6-11(8)9/h1-6H. The first kappa shape index (κ1) is 8.29. The number of hydrogen-bond acceptors (Lipinski definition) is 2. The van der Waals surface area contributed by atoms with Gasteiger partial charge in [-0.2, -0.15) is 0 Å². The van der Waals surface area contributed by atoms with E-state index in [0.29, 0.717) is 11.1 Å². The number of benzene rings is 1. The van der Waals surface area contributed by atoms with Crippen molar-refractivity contribution in [2.45, 2.75) is 0 Å². The van der Waals surface area contributed by atoms with Crippen LogP contribution in [0.25, 0.3) is 11.1 Å². The molecule has 0 amide bonds. The number of pyridine rings is 1. The van der Waals surface area contributed by atoms with E-state index in [1.807, 2.05) is 0 Å². The summed E-state index contributed by atoms with van der Waals surface area (Å²) in [4.78, 5) is 15.8. The second-order valence-corrected chi connectivity index (χ2v) is 3.44. The third-order valence-corrected chi connectivity index (χ3v) is 2.58. The van der Waals surface area contributed by atoms with Crippen molar-refractivity contribution in [1.29, 1.82) is 0 Å². The van der Waals surface area contributed by atoms with Crippen molar-refractivity contribution < 1.29 is 9.18 Å². The Labute approximate surface area is 85.4 Å². The van der Waals surface area contributed by atoms with Crippen molar-refractivity contribution in [3.63, 3.8) is 0 Å². The molecule has 2 nitrogen and oxygen atoms in total. The average Bonchev–Trinajstić information content (AvgIpc) is 2.54. The molecule has 0 aliphatic heterocycles. The molecule has 1 aliphatic carbocycles. The Kier molecular flexibility index (Phi) is 1.51. The van der Waals surface area contributed by atoms with Crippen LogP contribution in [-0.2, 0) is 0 Å². The van der Waals surface area contributed by atoms with E-state index in [1.54, 1.807) is 24.5 Å². The first-order chi connectivity index (χ1) is 7.27. The average molecular weight is 199 g/mol. The van der Waals surface area contributed by atoms with Gasteiger partial charge in [-0.25, -0.2) is 4.39 Å². The maximum Gasteiger partial charge on any atom is 0.194 e. The highest BCUT2D eigenvalue weighted by Crippen LogP contribution is 2.35. The van der Waals surface area contributed by atoms with E-state index in [4.69, 9.17) is 0 Å². The predicted molar refractivity (Wildman–Crippen MR) is 53.1 cm³/mol. The second kappa shape index (κ2) is 2.73. The number of carbonyl (C=O) groups is 1. The van der Waals surface area contributed by atoms with Gasteiger partial charge in [0.1, 0.15) is 5.82 Å². The normalized spacial score (nSPS) is 12.5. The molecule has 1 heterocycles. The van der Waals surface area contributed by atoms with Crippen LogP contribution in [0.15, 0.2) is 36.7 Å². The lowest BCUT2D eigenvalue weighted by Crippen LogP contribution is -1.95. The Morgan fingerprint density at radius 1 is 1.00 bits per heavy atom. The molecule has 0 N–H and O–H groups in total. The van der Waals surface area contributed by atoms with Crippen LogP contribution in [0.3, 0.4) is 0 Å². The monoisotopic (exact) mass is 199 g/mol. The number of nitrogens with zero attached hydrogens (tertiary/aromatic N) is 1. The summed E-state index contributed by atoms with van der Waals surface area (Å²) in [6, 6.07) is 5.91. The zero-order valence-corrected chi connectivity index (χ0v) is 7.70. The van der Waals surface area contributed by atoms with E-state index in [9.17, 15) is 9.18 Å². The van der Waals surface area contributed by atoms with Crippen LogP contribution in [-0.4, -0.2) is 10.8 Å². The van der Waals surface area contributed by atoms with Crippen LogP contribution in [0.5, 0.6) is 0 Å². The lowest BCUT2D eigenvalue weighted by molar-refractivity contribution is 0.104. The Balaban J connectivity index is 2.38. The van der Waals surface area contributed by atoms with Gasteiger partial charge in [-0.15, -0.1) is 0 Å². The number of hydrogen-bond donors (Lipinski definition) is 0. The van der Waals surface area contributed by atoms with Gasteiger partial charge in [0.05, 0.1) is 0 Å². The third-order valence-electron chi connectivity index (χ3n) is 2.58. The van der Waals surface area contributed by atoms with E-state index >= 15 is 0 Å². The largest absolute Gasteiger partial charge is 0.289 e. The quantitative estimate of drug-likeness (QED) is 0.556. The van der Waals surface area contributed by atoms with Gasteiger partial charge in [-0.1, -0.05) is 6.07 Å². The van der Waals surface area contributed by atoms with Gasteiger partial charge in [0.2, 0.25) is 0 Å². The molecule has 0 saturated carbocycles. The number of aromatic nitrogens is 1. The van der Waals surface area contributed by atoms with Crippen LogP contribution in [0.1, 0.15) is 15.9 Å². The smallest absolute Gasteiger partial charge is 0.194 e. The highest BCUT2D eigenvalue weighted by Gasteiger charge is 2.26. The summed E-state index contributed by atoms with van der Waals surface area (Å²) in [6.07, 6.45) is 3.20. The summed E-state index contributed by atoms with van der Waals surface area (Å²) in [5.41, 5.74) is 2.59. The highest BCUT2D eigenvalue weighted by atomic mass is 19.1. The maximum atomic E-state index is 13.0. The number of halogens is 1. The van der Waals surface area contributed by atoms with Gasteiger partial charge >= 0.3 is 0 Å². The molecule has 0 unspecified atom stereocenters. The minimum atomic E-state index is -0.386. The van der Waals surface area contributed by atoms with Crippen molar-refractivity contribution in [2.24, 2.45) is 0 Å². The first-order valence-corrected chi connectivity index (χ1v) is 4.56. The Morgan fingerprint density at radius 2 is 1.87 bits per heavy atom. The zero-order valence-electron chi connectivity index (χ0n) is 7.70. The number of ketones is 1. The number of rotatable bonds is 0. The van der Waals surface area contributed by atoms with Gasteiger partial charge in [-0.3, -0.25) is 9.78 Å². The molecule has 72 valence electrons. The van der Waals surface area contributed by atoms with Gasteiger partial charge in [0.25, 0.3) is 0 Å². The SMILES string of the molecule is O=C1c2cc(F)ccc2-c2cnccc21. The molecule has 0 bridgehead atoms. The molecule has 1 aliphatic rings. The van der Waals surface area contributed by atoms with Crippen LogP contribution in [0.2, 0.25) is 0 Å². The van der Waals surface area contributed by atoms with E-state index < -0.39 is 0 Å². The fourth-order valence-electron chi connectivity index (χ4n) is 1.89. The van der Waals surface area contributed by atoms with E-state index in [0.717, 1.165) is 11.1 Å². The summed E-state index contributed by atoms with van der Waals surface area (Å²) in [6.45, 7) is 0. The van der Waals surface area contributed by atoms with Crippen molar-refractivity contribution in [3.05, 3.63) is 53.6 Å². The molecule has 1 aromatic heterocycles. The summed E-state index contributed by atoms with van der Waals surface area (Å²) in [7, 11) is 0. The van der Waals surface area contributed by atoms with Crippen molar-refractivity contribution in [3.8, 4) is 11.1 Å². The van der Waals surface area contributed by atoms with Crippen LogP contribution in [0, 0.1) is 5.82 Å². The van der Waals surface area contributed by atoms with Gasteiger partial charge in [0, 0.05) is 29.1 Å². The predicted octanol–water partition coefficient (Wildman–Crippen LogP) is 2.43. The minimum absolute atomic E-state index is 0.123. The topological polar surface area (TPSA) is 30.0 Å². The lowest BCUT2D eigenvalue weighted by Gasteiger charge is -1.97. The molecule has 0 saturated heterocycles. The molecule has 3 rings (SSSR count). The minimum Gasteiger partial charge on any atom is -0.289 e.